The summed E-state index contributed by atoms with van der Waals surface area (Å²) in [6.07, 6.45) is 1.62. The van der Waals surface area contributed by atoms with Crippen LogP contribution in [-0.2, 0) is 0 Å². The lowest BCUT2D eigenvalue weighted by molar-refractivity contribution is -0.384. The third kappa shape index (κ3) is 4.80. The molecule has 0 atom stereocenters. The first kappa shape index (κ1) is 18.4. The van der Waals surface area contributed by atoms with Crippen LogP contribution in [0.2, 0.25) is 5.02 Å². The lowest BCUT2D eigenvalue weighted by Gasteiger charge is -2.10. The topological polar surface area (TPSA) is 69.4 Å². The number of ether oxygens (including phenoxy) is 1. The third-order valence-electron chi connectivity index (χ3n) is 3.70. The molecule has 0 aliphatic carbocycles. The number of nitro groups is 1. The van der Waals surface area contributed by atoms with Gasteiger partial charge < -0.3 is 4.74 Å². The summed E-state index contributed by atoms with van der Waals surface area (Å²) in [5.41, 5.74) is 1.15. The van der Waals surface area contributed by atoms with Crippen LogP contribution in [0.25, 0.3) is 6.08 Å². The molecule has 0 saturated carbocycles. The molecular formula is C21H14ClNO4. The monoisotopic (exact) mass is 379 g/mol. The number of nitro benzene ring substituents is 1. The van der Waals surface area contributed by atoms with Crippen molar-refractivity contribution in [2.75, 3.05) is 0 Å². The van der Waals surface area contributed by atoms with Crippen LogP contribution in [0.5, 0.6) is 5.75 Å². The Morgan fingerprint density at radius 1 is 0.926 bits per heavy atom. The van der Waals surface area contributed by atoms with Crippen molar-refractivity contribution in [2.45, 2.75) is 0 Å². The molecule has 0 aliphatic rings. The first-order chi connectivity index (χ1) is 13.0. The Kier molecular flexibility index (Phi) is 5.64. The number of nitrogens with zero attached hydrogens (tertiary/aromatic N) is 1. The molecule has 27 heavy (non-hydrogen) atoms. The van der Waals surface area contributed by atoms with Crippen LogP contribution in [0.3, 0.4) is 0 Å². The summed E-state index contributed by atoms with van der Waals surface area (Å²) in [6.45, 7) is 0. The smallest absolute Gasteiger partial charge is 0.269 e. The van der Waals surface area contributed by atoms with Crippen molar-refractivity contribution in [1.82, 2.24) is 0 Å². The van der Waals surface area contributed by atoms with Crippen molar-refractivity contribution in [1.29, 1.82) is 0 Å². The minimum Gasteiger partial charge on any atom is -0.453 e. The molecule has 0 fully saturated rings. The summed E-state index contributed by atoms with van der Waals surface area (Å²) in [4.78, 5) is 23.2. The van der Waals surface area contributed by atoms with Crippen LogP contribution in [0.4, 0.5) is 5.69 Å². The van der Waals surface area contributed by atoms with Crippen molar-refractivity contribution in [3.05, 3.63) is 111 Å². The van der Waals surface area contributed by atoms with E-state index in [1.165, 1.54) is 24.3 Å². The van der Waals surface area contributed by atoms with Gasteiger partial charge in [-0.25, -0.2) is 0 Å². The van der Waals surface area contributed by atoms with Gasteiger partial charge >= 0.3 is 0 Å². The average molecular weight is 380 g/mol. The molecule has 0 aromatic heterocycles. The molecule has 5 nitrogen and oxygen atoms in total. The highest BCUT2D eigenvalue weighted by atomic mass is 35.5. The number of ketones is 1. The number of rotatable bonds is 6. The molecule has 6 heteroatoms. The SMILES string of the molecule is O=C(/C(=C\c1ccccc1)Oc1ccc([N+](=O)[O-])cc1)c1ccc(Cl)cc1. The predicted molar refractivity (Wildman–Crippen MR) is 104 cm³/mol. The zero-order valence-electron chi connectivity index (χ0n) is 14.0. The Hall–Kier alpha value is -3.44. The summed E-state index contributed by atoms with van der Waals surface area (Å²) in [5.74, 6) is 0.0938. The lowest BCUT2D eigenvalue weighted by Crippen LogP contribution is -2.09. The van der Waals surface area contributed by atoms with E-state index >= 15 is 0 Å². The number of carbonyl (C=O) groups is 1. The van der Waals surface area contributed by atoms with Gasteiger partial charge in [-0.3, -0.25) is 14.9 Å². The lowest BCUT2D eigenvalue weighted by atomic mass is 10.1. The second-order valence-electron chi connectivity index (χ2n) is 5.61. The van der Waals surface area contributed by atoms with E-state index in [1.54, 1.807) is 30.3 Å². The van der Waals surface area contributed by atoms with Gasteiger partial charge in [0.05, 0.1) is 4.92 Å². The first-order valence-corrected chi connectivity index (χ1v) is 8.40. The summed E-state index contributed by atoms with van der Waals surface area (Å²) in [7, 11) is 0. The van der Waals surface area contributed by atoms with Crippen molar-refractivity contribution >= 4 is 29.1 Å². The molecule has 0 amide bonds. The van der Waals surface area contributed by atoms with Gasteiger partial charge in [0.2, 0.25) is 5.78 Å². The maximum atomic E-state index is 12.9. The van der Waals surface area contributed by atoms with Crippen LogP contribution >= 0.6 is 11.6 Å². The van der Waals surface area contributed by atoms with Crippen molar-refractivity contribution < 1.29 is 14.5 Å². The zero-order chi connectivity index (χ0) is 19.2. The number of Topliss-reactive ketones (excluding diaryl/α,β-unsaturated/α-hetero) is 1. The highest BCUT2D eigenvalue weighted by Crippen LogP contribution is 2.23. The van der Waals surface area contributed by atoms with Gasteiger partial charge in [-0.1, -0.05) is 41.9 Å². The normalized spacial score (nSPS) is 11.1. The number of benzene rings is 3. The second-order valence-corrected chi connectivity index (χ2v) is 6.04. The zero-order valence-corrected chi connectivity index (χ0v) is 14.8. The molecule has 0 spiro atoms. The van der Waals surface area contributed by atoms with Crippen molar-refractivity contribution in [3.8, 4) is 5.75 Å². The number of non-ortho nitro benzene ring substituents is 1. The molecule has 0 aliphatic heterocycles. The Balaban J connectivity index is 1.94. The molecule has 0 unspecified atom stereocenters. The number of hydrogen-bond acceptors (Lipinski definition) is 4. The fraction of sp³-hybridized carbons (Fsp3) is 0. The van der Waals surface area contributed by atoms with Crippen LogP contribution < -0.4 is 4.74 Å². The van der Waals surface area contributed by atoms with Gasteiger partial charge in [-0.05, 0) is 48.0 Å². The first-order valence-electron chi connectivity index (χ1n) is 8.02. The third-order valence-corrected chi connectivity index (χ3v) is 3.95. The Morgan fingerprint density at radius 3 is 2.15 bits per heavy atom. The molecule has 3 rings (SSSR count). The molecule has 0 N–H and O–H groups in total. The van der Waals surface area contributed by atoms with E-state index in [1.807, 2.05) is 30.3 Å². The van der Waals surface area contributed by atoms with E-state index in [0.29, 0.717) is 16.3 Å². The van der Waals surface area contributed by atoms with E-state index in [0.717, 1.165) is 5.56 Å². The minimum atomic E-state index is -0.497. The Labute approximate surface area is 160 Å². The Bertz CT molecular complexity index is 981. The van der Waals surface area contributed by atoms with Gasteiger partial charge in [0.25, 0.3) is 5.69 Å². The van der Waals surface area contributed by atoms with E-state index in [-0.39, 0.29) is 17.2 Å². The number of allylic oxidation sites excluding steroid dienone is 1. The Morgan fingerprint density at radius 2 is 1.56 bits per heavy atom. The number of hydrogen-bond donors (Lipinski definition) is 0. The molecule has 134 valence electrons. The van der Waals surface area contributed by atoms with Gasteiger partial charge in [-0.2, -0.15) is 0 Å². The van der Waals surface area contributed by atoms with Crippen LogP contribution in [0.15, 0.2) is 84.6 Å². The van der Waals surface area contributed by atoms with E-state index in [2.05, 4.69) is 0 Å². The summed E-state index contributed by atoms with van der Waals surface area (Å²) < 4.78 is 5.76. The van der Waals surface area contributed by atoms with Gasteiger partial charge in [0, 0.05) is 22.7 Å². The summed E-state index contributed by atoms with van der Waals surface area (Å²) in [5, 5.41) is 11.3. The molecule has 0 heterocycles. The molecule has 3 aromatic rings. The van der Waals surface area contributed by atoms with E-state index in [9.17, 15) is 14.9 Å². The van der Waals surface area contributed by atoms with Crippen molar-refractivity contribution in [2.24, 2.45) is 0 Å². The highest BCUT2D eigenvalue weighted by Gasteiger charge is 2.16. The van der Waals surface area contributed by atoms with Gasteiger partial charge in [0.15, 0.2) is 5.76 Å². The second kappa shape index (κ2) is 8.29. The maximum Gasteiger partial charge on any atom is 0.269 e. The molecule has 3 aromatic carbocycles. The number of carbonyl (C=O) groups excluding carboxylic acids is 1. The van der Waals surface area contributed by atoms with Crippen LogP contribution in [0.1, 0.15) is 15.9 Å². The number of halogens is 1. The molecule has 0 bridgehead atoms. The minimum absolute atomic E-state index is 0.0556. The molecule has 0 radical (unpaired) electrons. The predicted octanol–water partition coefficient (Wildman–Crippen LogP) is 5.55. The summed E-state index contributed by atoms with van der Waals surface area (Å²) in [6, 6.07) is 21.3. The standard InChI is InChI=1S/C21H14ClNO4/c22-17-8-6-16(7-9-17)21(24)20(14-15-4-2-1-3-5-15)27-19-12-10-18(11-13-19)23(25)26/h1-14H/b20-14+. The molecular weight excluding hydrogens is 366 g/mol. The molecule has 0 saturated heterocycles. The van der Waals surface area contributed by atoms with Gasteiger partial charge in [-0.15, -0.1) is 0 Å². The quantitative estimate of drug-likeness (QED) is 0.185. The van der Waals surface area contributed by atoms with Crippen LogP contribution in [-0.4, -0.2) is 10.7 Å². The fourth-order valence-electron chi connectivity index (χ4n) is 2.35. The summed E-state index contributed by atoms with van der Waals surface area (Å²) >= 11 is 5.88. The highest BCUT2D eigenvalue weighted by molar-refractivity contribution is 6.30. The van der Waals surface area contributed by atoms with E-state index in [4.69, 9.17) is 16.3 Å². The maximum absolute atomic E-state index is 12.9. The largest absolute Gasteiger partial charge is 0.453 e. The van der Waals surface area contributed by atoms with Crippen molar-refractivity contribution in [3.63, 3.8) is 0 Å². The average Bonchev–Trinajstić information content (AvgIpc) is 2.69. The fourth-order valence-corrected chi connectivity index (χ4v) is 2.47. The van der Waals surface area contributed by atoms with Gasteiger partial charge in [0.1, 0.15) is 5.75 Å². The van der Waals surface area contributed by atoms with Crippen LogP contribution in [0, 0.1) is 10.1 Å². The van der Waals surface area contributed by atoms with E-state index < -0.39 is 4.92 Å².